The minimum atomic E-state index is -0.366. The van der Waals surface area contributed by atoms with Gasteiger partial charge in [-0.2, -0.15) is 0 Å². The summed E-state index contributed by atoms with van der Waals surface area (Å²) in [6.45, 7) is 1.98. The second kappa shape index (κ2) is 6.08. The van der Waals surface area contributed by atoms with Crippen molar-refractivity contribution in [2.75, 3.05) is 12.4 Å². The van der Waals surface area contributed by atoms with E-state index in [0.29, 0.717) is 11.4 Å². The van der Waals surface area contributed by atoms with Crippen LogP contribution in [0.2, 0.25) is 0 Å². The minimum absolute atomic E-state index is 0.0548. The van der Waals surface area contributed by atoms with Gasteiger partial charge in [-0.3, -0.25) is 8.97 Å². The van der Waals surface area contributed by atoms with Crippen LogP contribution in [0.3, 0.4) is 0 Å². The highest BCUT2D eigenvalue weighted by atomic mass is 32.2. The summed E-state index contributed by atoms with van der Waals surface area (Å²) in [5, 5.41) is 9.17. The van der Waals surface area contributed by atoms with Crippen molar-refractivity contribution in [2.45, 2.75) is 18.6 Å². The number of aliphatic hydroxyl groups excluding tert-OH is 1. The molecule has 2 atom stereocenters. The fourth-order valence-corrected chi connectivity index (χ4v) is 3.70. The topological polar surface area (TPSA) is 68.8 Å². The van der Waals surface area contributed by atoms with Gasteiger partial charge in [-0.25, -0.2) is 9.78 Å². The Hall–Kier alpha value is -2.09. The highest BCUT2D eigenvalue weighted by Crippen LogP contribution is 2.30. The predicted molar refractivity (Wildman–Crippen MR) is 93.1 cm³/mol. The molecule has 124 valence electrons. The van der Waals surface area contributed by atoms with Crippen LogP contribution >= 0.6 is 11.8 Å². The summed E-state index contributed by atoms with van der Waals surface area (Å²) in [4.78, 5) is 17.3. The lowest BCUT2D eigenvalue weighted by molar-refractivity contribution is -0.00647. The molecule has 1 aromatic carbocycles. The van der Waals surface area contributed by atoms with E-state index in [0.717, 1.165) is 11.3 Å². The molecule has 4 rings (SSSR count). The molecule has 0 radical (unpaired) electrons. The maximum absolute atomic E-state index is 12.7. The number of hydrogen-bond donors (Lipinski definition) is 1. The summed E-state index contributed by atoms with van der Waals surface area (Å²) >= 11 is 1.51. The molecule has 3 aromatic rings. The van der Waals surface area contributed by atoms with Gasteiger partial charge in [0.25, 0.3) is 0 Å². The molecule has 0 amide bonds. The van der Waals surface area contributed by atoms with E-state index in [2.05, 4.69) is 4.98 Å². The van der Waals surface area contributed by atoms with Crippen LogP contribution in [-0.2, 0) is 4.74 Å². The number of fused-ring (bicyclic) bond motifs is 1. The number of imidazole rings is 1. The summed E-state index contributed by atoms with van der Waals surface area (Å²) in [5.74, 6) is 0.635. The zero-order chi connectivity index (χ0) is 16.7. The summed E-state index contributed by atoms with van der Waals surface area (Å²) in [6, 6.07) is 9.85. The maximum Gasteiger partial charge on any atom is 0.336 e. The number of thioether (sulfide) groups is 1. The van der Waals surface area contributed by atoms with Gasteiger partial charge in [0.2, 0.25) is 0 Å². The van der Waals surface area contributed by atoms with E-state index in [1.165, 1.54) is 21.7 Å². The van der Waals surface area contributed by atoms with Crippen molar-refractivity contribution in [3.8, 4) is 11.3 Å². The van der Waals surface area contributed by atoms with Crippen LogP contribution in [-0.4, -0.2) is 36.9 Å². The number of benzene rings is 1. The van der Waals surface area contributed by atoms with E-state index in [4.69, 9.17) is 4.74 Å². The molecule has 24 heavy (non-hydrogen) atoms. The van der Waals surface area contributed by atoms with Gasteiger partial charge in [0.15, 0.2) is 0 Å². The molecule has 7 heteroatoms. The van der Waals surface area contributed by atoms with Crippen molar-refractivity contribution in [3.63, 3.8) is 0 Å². The summed E-state index contributed by atoms with van der Waals surface area (Å²) in [5.41, 5.74) is 3.06. The van der Waals surface area contributed by atoms with Gasteiger partial charge in [0, 0.05) is 23.7 Å². The number of nitrogens with zero attached hydrogens (tertiary/aromatic N) is 3. The van der Waals surface area contributed by atoms with Crippen molar-refractivity contribution < 1.29 is 9.84 Å². The van der Waals surface area contributed by atoms with Crippen molar-refractivity contribution in [1.29, 1.82) is 0 Å². The van der Waals surface area contributed by atoms with Crippen LogP contribution in [0.15, 0.2) is 47.5 Å². The number of hydrogen-bond acceptors (Lipinski definition) is 5. The Morgan fingerprint density at radius 3 is 2.83 bits per heavy atom. The molecule has 0 bridgehead atoms. The molecular formula is C17H17N3O3S. The molecule has 0 aliphatic carbocycles. The molecule has 2 unspecified atom stereocenters. The Morgan fingerprint density at radius 2 is 2.12 bits per heavy atom. The molecule has 1 fully saturated rings. The third-order valence-corrected chi connectivity index (χ3v) is 5.19. The maximum atomic E-state index is 12.7. The zero-order valence-electron chi connectivity index (χ0n) is 13.1. The zero-order valence-corrected chi connectivity index (χ0v) is 13.9. The molecule has 1 aliphatic rings. The lowest BCUT2D eigenvalue weighted by Crippen LogP contribution is -2.30. The Labute approximate surface area is 142 Å². The first kappa shape index (κ1) is 15.4. The van der Waals surface area contributed by atoms with Crippen LogP contribution in [0.1, 0.15) is 11.8 Å². The number of aliphatic hydroxyl groups is 1. The number of aromatic nitrogens is 3. The van der Waals surface area contributed by atoms with Gasteiger partial charge in [0.05, 0.1) is 12.3 Å². The normalized spacial score (nSPS) is 20.8. The van der Waals surface area contributed by atoms with Crippen molar-refractivity contribution in [1.82, 2.24) is 14.0 Å². The second-order valence-corrected chi connectivity index (χ2v) is 6.95. The average molecular weight is 343 g/mol. The molecule has 1 saturated heterocycles. The molecule has 1 N–H and O–H groups in total. The van der Waals surface area contributed by atoms with Gasteiger partial charge in [-0.1, -0.05) is 29.8 Å². The standard InChI is InChI=1S/C17H17N3O3S/c1-11-2-4-12(5-3-11)13-8-20-14(18-13)6-7-19(17(20)22)15-10-24-16(9-21)23-15/h2-8,15-16,21H,9-10H2,1H3. The third kappa shape index (κ3) is 2.64. The van der Waals surface area contributed by atoms with Crippen molar-refractivity contribution >= 4 is 17.4 Å². The first-order valence-corrected chi connectivity index (χ1v) is 8.76. The number of ether oxygens (including phenoxy) is 1. The SMILES string of the molecule is Cc1ccc(-c2cn3c(=O)n(C4CSC(CO)O4)ccc3n2)cc1. The van der Waals surface area contributed by atoms with Crippen LogP contribution in [0.4, 0.5) is 0 Å². The smallest absolute Gasteiger partial charge is 0.336 e. The van der Waals surface area contributed by atoms with Crippen LogP contribution in [0.25, 0.3) is 16.9 Å². The Bertz CT molecular complexity index is 932. The van der Waals surface area contributed by atoms with E-state index in [9.17, 15) is 9.90 Å². The summed E-state index contributed by atoms with van der Waals surface area (Å²) in [6.07, 6.45) is 3.09. The summed E-state index contributed by atoms with van der Waals surface area (Å²) in [7, 11) is 0. The fourth-order valence-electron chi connectivity index (χ4n) is 2.77. The summed E-state index contributed by atoms with van der Waals surface area (Å²) < 4.78 is 8.76. The third-order valence-electron chi connectivity index (χ3n) is 4.08. The van der Waals surface area contributed by atoms with E-state index >= 15 is 0 Å². The largest absolute Gasteiger partial charge is 0.393 e. The molecule has 3 heterocycles. The van der Waals surface area contributed by atoms with E-state index in [1.54, 1.807) is 23.0 Å². The quantitative estimate of drug-likeness (QED) is 0.788. The van der Waals surface area contributed by atoms with Crippen LogP contribution in [0, 0.1) is 6.92 Å². The van der Waals surface area contributed by atoms with Crippen molar-refractivity contribution in [2.24, 2.45) is 0 Å². The fraction of sp³-hybridized carbons (Fsp3) is 0.294. The van der Waals surface area contributed by atoms with Gasteiger partial charge in [-0.05, 0) is 13.0 Å². The molecule has 6 nitrogen and oxygen atoms in total. The molecule has 2 aromatic heterocycles. The van der Waals surface area contributed by atoms with Gasteiger partial charge < -0.3 is 9.84 Å². The highest BCUT2D eigenvalue weighted by Gasteiger charge is 2.27. The first-order chi connectivity index (χ1) is 11.7. The molecule has 1 aliphatic heterocycles. The Balaban J connectivity index is 1.74. The lowest BCUT2D eigenvalue weighted by atomic mass is 10.1. The Morgan fingerprint density at radius 1 is 1.33 bits per heavy atom. The number of rotatable bonds is 3. The lowest BCUT2D eigenvalue weighted by Gasteiger charge is -2.13. The van der Waals surface area contributed by atoms with Crippen molar-refractivity contribution in [3.05, 3.63) is 58.8 Å². The van der Waals surface area contributed by atoms with E-state index in [-0.39, 0.29) is 24.0 Å². The first-order valence-electron chi connectivity index (χ1n) is 7.71. The monoisotopic (exact) mass is 343 g/mol. The Kier molecular flexibility index (Phi) is 3.91. The van der Waals surface area contributed by atoms with Gasteiger partial charge in [-0.15, -0.1) is 11.8 Å². The van der Waals surface area contributed by atoms with E-state index in [1.807, 2.05) is 31.2 Å². The molecule has 0 spiro atoms. The van der Waals surface area contributed by atoms with Gasteiger partial charge in [0.1, 0.15) is 17.3 Å². The van der Waals surface area contributed by atoms with Crippen LogP contribution in [0.5, 0.6) is 0 Å². The number of aryl methyl sites for hydroxylation is 1. The van der Waals surface area contributed by atoms with Gasteiger partial charge >= 0.3 is 5.69 Å². The predicted octanol–water partition coefficient (Wildman–Crippen LogP) is 2.05. The second-order valence-electron chi connectivity index (χ2n) is 5.76. The molecular weight excluding hydrogens is 326 g/mol. The highest BCUT2D eigenvalue weighted by molar-refractivity contribution is 8.00. The molecule has 0 saturated carbocycles. The van der Waals surface area contributed by atoms with E-state index < -0.39 is 0 Å². The average Bonchev–Trinajstić information content (AvgIpc) is 3.23. The van der Waals surface area contributed by atoms with Crippen LogP contribution < -0.4 is 5.69 Å². The minimum Gasteiger partial charge on any atom is -0.393 e.